The van der Waals surface area contributed by atoms with E-state index in [0.29, 0.717) is 27.8 Å². The van der Waals surface area contributed by atoms with Crippen LogP contribution >= 0.6 is 22.9 Å². The molecule has 2 heterocycles. The summed E-state index contributed by atoms with van der Waals surface area (Å²) < 4.78 is 43.1. The highest BCUT2D eigenvalue weighted by molar-refractivity contribution is 7.89. The van der Waals surface area contributed by atoms with Crippen LogP contribution in [0.15, 0.2) is 52.7 Å². The van der Waals surface area contributed by atoms with Crippen molar-refractivity contribution in [1.29, 1.82) is 0 Å². The number of aromatic nitrogens is 3. The van der Waals surface area contributed by atoms with E-state index in [9.17, 15) is 12.8 Å². The van der Waals surface area contributed by atoms with Gasteiger partial charge < -0.3 is 0 Å². The van der Waals surface area contributed by atoms with Gasteiger partial charge in [0.05, 0.1) is 16.2 Å². The number of nitrogens with zero attached hydrogens (tertiary/aromatic N) is 3. The number of halogens is 2. The minimum absolute atomic E-state index is 0.117. The minimum Gasteiger partial charge on any atom is -0.211 e. The summed E-state index contributed by atoms with van der Waals surface area (Å²) in [6.07, 6.45) is 0.402. The van der Waals surface area contributed by atoms with Gasteiger partial charge in [0, 0.05) is 23.4 Å². The molecule has 0 bridgehead atoms. The van der Waals surface area contributed by atoms with Crippen molar-refractivity contribution in [1.82, 2.24) is 19.3 Å². The number of fused-ring (bicyclic) bond motifs is 1. The molecule has 1 N–H and O–H groups in total. The monoisotopic (exact) mass is 450 g/mol. The summed E-state index contributed by atoms with van der Waals surface area (Å²) in [5.74, 6) is -0.0945. The van der Waals surface area contributed by atoms with E-state index in [1.165, 1.54) is 29.5 Å². The zero-order chi connectivity index (χ0) is 20.6. The molecule has 0 aliphatic heterocycles. The number of hydrogen-bond donors (Lipinski definition) is 1. The van der Waals surface area contributed by atoms with E-state index in [1.807, 2.05) is 12.3 Å². The third-order valence-electron chi connectivity index (χ3n) is 4.39. The first kappa shape index (κ1) is 20.0. The average molecular weight is 451 g/mol. The van der Waals surface area contributed by atoms with Gasteiger partial charge in [0.25, 0.3) is 0 Å². The highest BCUT2D eigenvalue weighted by atomic mass is 35.5. The Kier molecular flexibility index (Phi) is 5.39. The van der Waals surface area contributed by atoms with Crippen LogP contribution in [-0.2, 0) is 16.4 Å². The summed E-state index contributed by atoms with van der Waals surface area (Å²) in [4.78, 5) is 5.10. The molecule has 0 amide bonds. The first-order chi connectivity index (χ1) is 13.8. The van der Waals surface area contributed by atoms with E-state index >= 15 is 0 Å². The fourth-order valence-electron chi connectivity index (χ4n) is 2.79. The highest BCUT2D eigenvalue weighted by Crippen LogP contribution is 2.23. The van der Waals surface area contributed by atoms with E-state index in [2.05, 4.69) is 14.8 Å². The van der Waals surface area contributed by atoms with Gasteiger partial charge in [-0.15, -0.1) is 16.4 Å². The molecule has 6 nitrogen and oxygen atoms in total. The van der Waals surface area contributed by atoms with Crippen molar-refractivity contribution in [2.24, 2.45) is 0 Å². The number of thiazole rings is 1. The van der Waals surface area contributed by atoms with Gasteiger partial charge in [-0.25, -0.2) is 22.0 Å². The van der Waals surface area contributed by atoms with Crippen molar-refractivity contribution in [2.45, 2.75) is 18.2 Å². The molecule has 4 rings (SSSR count). The van der Waals surface area contributed by atoms with Crippen molar-refractivity contribution in [2.75, 3.05) is 6.54 Å². The molecule has 4 aromatic rings. The van der Waals surface area contributed by atoms with Gasteiger partial charge in [-0.2, -0.15) is 4.98 Å². The number of hydrogen-bond acceptors (Lipinski definition) is 5. The van der Waals surface area contributed by atoms with Crippen molar-refractivity contribution in [3.05, 3.63) is 69.9 Å². The molecule has 29 heavy (non-hydrogen) atoms. The fourth-order valence-corrected chi connectivity index (χ4v) is 4.95. The number of aryl methyl sites for hydroxylation is 1. The third-order valence-corrected chi connectivity index (χ3v) is 7.12. The quantitative estimate of drug-likeness (QED) is 0.480. The number of benzene rings is 2. The van der Waals surface area contributed by atoms with Crippen LogP contribution in [0.1, 0.15) is 11.3 Å². The standard InChI is InChI=1S/C19H16ClFN4O2S2/c1-12-6-7-14(10-16(12)20)29(26,27)22-9-8-13-11-28-19-23-18(24-25(13)19)15-4-2-3-5-17(15)21/h2-7,10-11,22H,8-9H2,1H3. The Labute approximate surface area is 176 Å². The number of nitrogens with one attached hydrogen (secondary N) is 1. The van der Waals surface area contributed by atoms with Gasteiger partial charge in [0.2, 0.25) is 15.0 Å². The van der Waals surface area contributed by atoms with Gasteiger partial charge >= 0.3 is 0 Å². The Hall–Kier alpha value is -2.33. The van der Waals surface area contributed by atoms with E-state index in [-0.39, 0.29) is 11.4 Å². The molecule has 0 fully saturated rings. The Morgan fingerprint density at radius 1 is 1.24 bits per heavy atom. The first-order valence-electron chi connectivity index (χ1n) is 8.69. The molecular weight excluding hydrogens is 435 g/mol. The summed E-state index contributed by atoms with van der Waals surface area (Å²) in [6.45, 7) is 1.98. The van der Waals surface area contributed by atoms with Gasteiger partial charge in [-0.05, 0) is 36.8 Å². The summed E-state index contributed by atoms with van der Waals surface area (Å²) in [7, 11) is -3.68. The van der Waals surface area contributed by atoms with Crippen LogP contribution in [0.25, 0.3) is 16.3 Å². The molecule has 10 heteroatoms. The van der Waals surface area contributed by atoms with Crippen molar-refractivity contribution in [3.8, 4) is 11.4 Å². The fraction of sp³-hybridized carbons (Fsp3) is 0.158. The van der Waals surface area contributed by atoms with Gasteiger partial charge in [-0.1, -0.05) is 29.8 Å². The van der Waals surface area contributed by atoms with Crippen molar-refractivity contribution < 1.29 is 12.8 Å². The maximum atomic E-state index is 14.0. The van der Waals surface area contributed by atoms with Crippen molar-refractivity contribution in [3.63, 3.8) is 0 Å². The molecule has 0 saturated carbocycles. The topological polar surface area (TPSA) is 76.4 Å². The third kappa shape index (κ3) is 4.04. The molecule has 2 aromatic carbocycles. The second-order valence-corrected chi connectivity index (χ2v) is 9.41. The van der Waals surface area contributed by atoms with E-state index in [1.54, 1.807) is 28.8 Å². The van der Waals surface area contributed by atoms with Crippen LogP contribution in [-0.4, -0.2) is 29.6 Å². The summed E-state index contributed by atoms with van der Waals surface area (Å²) in [6, 6.07) is 10.9. The SMILES string of the molecule is Cc1ccc(S(=O)(=O)NCCc2csc3nc(-c4ccccc4F)nn23)cc1Cl. The van der Waals surface area contributed by atoms with Gasteiger partial charge in [0.1, 0.15) is 5.82 Å². The number of rotatable bonds is 6. The largest absolute Gasteiger partial charge is 0.240 e. The Morgan fingerprint density at radius 2 is 2.03 bits per heavy atom. The molecular formula is C19H16ClFN4O2S2. The lowest BCUT2D eigenvalue weighted by Crippen LogP contribution is -2.26. The molecule has 150 valence electrons. The summed E-state index contributed by atoms with van der Waals surface area (Å²) in [5, 5.41) is 6.64. The zero-order valence-electron chi connectivity index (χ0n) is 15.3. The van der Waals surface area contributed by atoms with Crippen LogP contribution in [0.3, 0.4) is 0 Å². The predicted octanol–water partition coefficient (Wildman–Crippen LogP) is 4.08. The molecule has 0 spiro atoms. The van der Waals surface area contributed by atoms with E-state index in [4.69, 9.17) is 11.6 Å². The Balaban J connectivity index is 1.50. The zero-order valence-corrected chi connectivity index (χ0v) is 17.7. The lowest BCUT2D eigenvalue weighted by atomic mass is 10.2. The van der Waals surface area contributed by atoms with Crippen LogP contribution in [0.4, 0.5) is 4.39 Å². The molecule has 2 aromatic heterocycles. The maximum Gasteiger partial charge on any atom is 0.240 e. The van der Waals surface area contributed by atoms with Crippen LogP contribution < -0.4 is 4.72 Å². The smallest absolute Gasteiger partial charge is 0.211 e. The Bertz CT molecular complexity index is 1300. The average Bonchev–Trinajstić information content (AvgIpc) is 3.26. The first-order valence-corrected chi connectivity index (χ1v) is 11.4. The normalized spacial score (nSPS) is 12.0. The van der Waals surface area contributed by atoms with Crippen LogP contribution in [0, 0.1) is 12.7 Å². The summed E-state index contributed by atoms with van der Waals surface area (Å²) in [5.41, 5.74) is 1.92. The molecule has 0 saturated heterocycles. The predicted molar refractivity (Wildman–Crippen MR) is 111 cm³/mol. The molecule has 0 atom stereocenters. The van der Waals surface area contributed by atoms with E-state index < -0.39 is 15.8 Å². The summed E-state index contributed by atoms with van der Waals surface area (Å²) >= 11 is 7.39. The van der Waals surface area contributed by atoms with Gasteiger partial charge in [-0.3, -0.25) is 0 Å². The molecule has 0 radical (unpaired) electrons. The molecule has 0 aliphatic carbocycles. The number of sulfonamides is 1. The van der Waals surface area contributed by atoms with Crippen LogP contribution in [0.2, 0.25) is 5.02 Å². The highest BCUT2D eigenvalue weighted by Gasteiger charge is 2.17. The van der Waals surface area contributed by atoms with E-state index in [0.717, 1.165) is 11.3 Å². The van der Waals surface area contributed by atoms with Crippen molar-refractivity contribution >= 4 is 37.9 Å². The maximum absolute atomic E-state index is 14.0. The van der Waals surface area contributed by atoms with Crippen LogP contribution in [0.5, 0.6) is 0 Å². The lowest BCUT2D eigenvalue weighted by molar-refractivity contribution is 0.581. The second kappa shape index (κ2) is 7.83. The second-order valence-electron chi connectivity index (χ2n) is 6.40. The lowest BCUT2D eigenvalue weighted by Gasteiger charge is -2.07. The minimum atomic E-state index is -3.68. The van der Waals surface area contributed by atoms with Gasteiger partial charge in [0.15, 0.2) is 5.82 Å². The molecule has 0 aliphatic rings. The Morgan fingerprint density at radius 3 is 2.79 bits per heavy atom. The molecule has 0 unspecified atom stereocenters.